The van der Waals surface area contributed by atoms with Gasteiger partial charge in [-0.2, -0.15) is 0 Å². The monoisotopic (exact) mass is 537 g/mol. The summed E-state index contributed by atoms with van der Waals surface area (Å²) in [6, 6.07) is 6.20. The SMILES string of the molecule is Nc1cc2ncc(CNc3ccc(C(=O)NC(CCC(=O)ON4C(=O)CCC4=O)C(=O)O)cc3)nc2c(=O)[nH]1. The predicted molar refractivity (Wildman–Crippen MR) is 134 cm³/mol. The Morgan fingerprint density at radius 2 is 1.82 bits per heavy atom. The summed E-state index contributed by atoms with van der Waals surface area (Å²) in [5.41, 5.74) is 6.92. The van der Waals surface area contributed by atoms with E-state index in [1.165, 1.54) is 24.4 Å². The zero-order valence-electron chi connectivity index (χ0n) is 20.3. The third kappa shape index (κ3) is 6.51. The second-order valence-corrected chi connectivity index (χ2v) is 8.53. The van der Waals surface area contributed by atoms with Crippen molar-refractivity contribution in [3.8, 4) is 0 Å². The number of carboxylic acids is 1. The van der Waals surface area contributed by atoms with Crippen molar-refractivity contribution in [1.82, 2.24) is 25.3 Å². The number of carbonyl (C=O) groups excluding carboxylic acids is 4. The second kappa shape index (κ2) is 11.4. The number of fused-ring (bicyclic) bond motifs is 1. The summed E-state index contributed by atoms with van der Waals surface area (Å²) in [7, 11) is 0. The van der Waals surface area contributed by atoms with Gasteiger partial charge in [-0.3, -0.25) is 24.2 Å². The number of hydrogen-bond donors (Lipinski definition) is 5. The predicted octanol–water partition coefficient (Wildman–Crippen LogP) is 0.0828. The van der Waals surface area contributed by atoms with Crippen molar-refractivity contribution >= 4 is 52.2 Å². The molecule has 0 aliphatic carbocycles. The summed E-state index contributed by atoms with van der Waals surface area (Å²) in [5, 5.41) is 15.2. The molecule has 4 rings (SSSR count). The molecule has 3 heterocycles. The zero-order chi connectivity index (χ0) is 28.1. The molecule has 0 radical (unpaired) electrons. The van der Waals surface area contributed by atoms with Crippen LogP contribution in [0.25, 0.3) is 11.0 Å². The average Bonchev–Trinajstić information content (AvgIpc) is 3.22. The zero-order valence-corrected chi connectivity index (χ0v) is 20.3. The van der Waals surface area contributed by atoms with Gasteiger partial charge in [0.15, 0.2) is 5.52 Å². The topological polar surface area (TPSA) is 227 Å². The number of nitrogens with zero attached hydrogens (tertiary/aromatic N) is 3. The van der Waals surface area contributed by atoms with Crippen molar-refractivity contribution in [3.05, 3.63) is 58.1 Å². The summed E-state index contributed by atoms with van der Waals surface area (Å²) >= 11 is 0. The van der Waals surface area contributed by atoms with Crippen LogP contribution in [-0.2, 0) is 30.6 Å². The molecule has 1 aromatic carbocycles. The number of nitrogen functional groups attached to an aromatic ring is 1. The maximum Gasteiger partial charge on any atom is 0.333 e. The Kier molecular flexibility index (Phi) is 7.79. The molecule has 15 nitrogen and oxygen atoms in total. The molecular weight excluding hydrogens is 514 g/mol. The highest BCUT2D eigenvalue weighted by molar-refractivity contribution is 6.01. The van der Waals surface area contributed by atoms with Crippen LogP contribution in [-0.4, -0.2) is 60.8 Å². The van der Waals surface area contributed by atoms with Crippen LogP contribution in [0.4, 0.5) is 11.5 Å². The van der Waals surface area contributed by atoms with E-state index in [4.69, 9.17) is 10.6 Å². The van der Waals surface area contributed by atoms with Crippen LogP contribution in [0.15, 0.2) is 41.3 Å². The Balaban J connectivity index is 1.30. The lowest BCUT2D eigenvalue weighted by Crippen LogP contribution is -2.41. The van der Waals surface area contributed by atoms with Gasteiger partial charge in [-0.25, -0.2) is 14.6 Å². The molecule has 1 aliphatic heterocycles. The molecule has 3 aromatic rings. The number of aromatic nitrogens is 3. The summed E-state index contributed by atoms with van der Waals surface area (Å²) in [6.45, 7) is 0.226. The first-order chi connectivity index (χ1) is 18.6. The van der Waals surface area contributed by atoms with Crippen LogP contribution < -0.4 is 21.9 Å². The molecule has 1 atom stereocenters. The van der Waals surface area contributed by atoms with Crippen LogP contribution in [0.1, 0.15) is 41.7 Å². The largest absolute Gasteiger partial charge is 0.480 e. The van der Waals surface area contributed by atoms with Crippen LogP contribution in [0, 0.1) is 0 Å². The van der Waals surface area contributed by atoms with Gasteiger partial charge in [0.1, 0.15) is 11.9 Å². The van der Waals surface area contributed by atoms with Crippen molar-refractivity contribution in [2.75, 3.05) is 11.1 Å². The van der Waals surface area contributed by atoms with Gasteiger partial charge in [-0.1, -0.05) is 0 Å². The summed E-state index contributed by atoms with van der Waals surface area (Å²) in [4.78, 5) is 86.8. The first-order valence-electron chi connectivity index (χ1n) is 11.7. The highest BCUT2D eigenvalue weighted by Crippen LogP contribution is 2.15. The standard InChI is InChI=1S/C24H23N7O8/c25-17-9-16-21(23(36)30-17)28-14(11-27-16)10-26-13-3-1-12(2-4-13)22(35)29-15(24(37)38)5-8-20(34)39-31-18(32)6-7-19(31)33/h1-4,9,11,15,26H,5-8,10H2,(H,29,35)(H,37,38)(H3,25,30,36). The van der Waals surface area contributed by atoms with E-state index in [1.807, 2.05) is 0 Å². The third-order valence-corrected chi connectivity index (χ3v) is 5.68. The Morgan fingerprint density at radius 1 is 1.13 bits per heavy atom. The van der Waals surface area contributed by atoms with Gasteiger partial charge in [-0.05, 0) is 30.7 Å². The molecule has 202 valence electrons. The van der Waals surface area contributed by atoms with Gasteiger partial charge in [-0.15, -0.1) is 5.06 Å². The molecule has 0 spiro atoms. The summed E-state index contributed by atoms with van der Waals surface area (Å²) in [5.74, 6) is -4.16. The van der Waals surface area contributed by atoms with E-state index >= 15 is 0 Å². The minimum atomic E-state index is -1.42. The smallest absolute Gasteiger partial charge is 0.333 e. The van der Waals surface area contributed by atoms with Crippen LogP contribution in [0.2, 0.25) is 0 Å². The van der Waals surface area contributed by atoms with Gasteiger partial charge in [0, 0.05) is 30.2 Å². The summed E-state index contributed by atoms with van der Waals surface area (Å²) in [6.07, 6.45) is 0.594. The Hall–Kier alpha value is -5.34. The quantitative estimate of drug-likeness (QED) is 0.217. The van der Waals surface area contributed by atoms with Gasteiger partial charge in [0.2, 0.25) is 0 Å². The van der Waals surface area contributed by atoms with E-state index in [-0.39, 0.29) is 42.7 Å². The minimum absolute atomic E-state index is 0.0666. The van der Waals surface area contributed by atoms with Gasteiger partial charge >= 0.3 is 11.9 Å². The fraction of sp³-hybridized carbons (Fsp3) is 0.250. The molecule has 1 unspecified atom stereocenters. The molecule has 15 heteroatoms. The first kappa shape index (κ1) is 26.7. The number of imide groups is 1. The number of H-pyrrole nitrogens is 1. The number of pyridine rings is 1. The fourth-order valence-corrected chi connectivity index (χ4v) is 3.67. The number of hydrogen-bond acceptors (Lipinski definition) is 11. The van der Waals surface area contributed by atoms with Crippen LogP contribution in [0.3, 0.4) is 0 Å². The van der Waals surface area contributed by atoms with Crippen LogP contribution in [0.5, 0.6) is 0 Å². The Labute approximate surface area is 219 Å². The molecule has 2 aromatic heterocycles. The third-order valence-electron chi connectivity index (χ3n) is 5.68. The number of rotatable bonds is 10. The number of carbonyl (C=O) groups is 5. The van der Waals surface area contributed by atoms with Gasteiger partial charge < -0.3 is 31.3 Å². The lowest BCUT2D eigenvalue weighted by molar-refractivity contribution is -0.197. The van der Waals surface area contributed by atoms with Crippen molar-refractivity contribution in [1.29, 1.82) is 0 Å². The molecule has 39 heavy (non-hydrogen) atoms. The van der Waals surface area contributed by atoms with Gasteiger partial charge in [0.25, 0.3) is 23.3 Å². The van der Waals surface area contributed by atoms with E-state index in [9.17, 15) is 33.9 Å². The highest BCUT2D eigenvalue weighted by atomic mass is 16.7. The number of amides is 3. The number of carboxylic acid groups (broad SMARTS) is 1. The minimum Gasteiger partial charge on any atom is -0.480 e. The van der Waals surface area contributed by atoms with E-state index < -0.39 is 47.7 Å². The Morgan fingerprint density at radius 3 is 2.49 bits per heavy atom. The maximum atomic E-state index is 12.6. The Bertz CT molecular complexity index is 1500. The number of aliphatic carboxylic acids is 1. The number of nitrogens with one attached hydrogen (secondary N) is 3. The van der Waals surface area contributed by atoms with Crippen molar-refractivity contribution < 1.29 is 33.9 Å². The molecule has 1 aliphatic rings. The average molecular weight is 537 g/mol. The molecule has 6 N–H and O–H groups in total. The first-order valence-corrected chi connectivity index (χ1v) is 11.7. The molecule has 1 saturated heterocycles. The number of nitrogens with two attached hydrogens (primary N) is 1. The van der Waals surface area contributed by atoms with E-state index in [2.05, 4.69) is 25.6 Å². The molecule has 1 fully saturated rings. The second-order valence-electron chi connectivity index (χ2n) is 8.53. The maximum absolute atomic E-state index is 12.6. The van der Waals surface area contributed by atoms with E-state index in [1.54, 1.807) is 12.1 Å². The van der Waals surface area contributed by atoms with E-state index in [0.29, 0.717) is 22.0 Å². The summed E-state index contributed by atoms with van der Waals surface area (Å²) < 4.78 is 0. The van der Waals surface area contributed by atoms with E-state index in [0.717, 1.165) is 0 Å². The number of anilines is 2. The number of aromatic amines is 1. The highest BCUT2D eigenvalue weighted by Gasteiger charge is 2.33. The van der Waals surface area contributed by atoms with Crippen molar-refractivity contribution in [2.45, 2.75) is 38.3 Å². The normalized spacial score (nSPS) is 13.8. The van der Waals surface area contributed by atoms with Crippen LogP contribution >= 0.6 is 0 Å². The number of hydroxylamine groups is 2. The van der Waals surface area contributed by atoms with Gasteiger partial charge in [0.05, 0.1) is 30.4 Å². The number of benzene rings is 1. The molecular formula is C24H23N7O8. The fourth-order valence-electron chi connectivity index (χ4n) is 3.67. The lowest BCUT2D eigenvalue weighted by atomic mass is 10.1. The molecule has 0 saturated carbocycles. The van der Waals surface area contributed by atoms with Crippen molar-refractivity contribution in [3.63, 3.8) is 0 Å². The van der Waals surface area contributed by atoms with Crippen molar-refractivity contribution in [2.24, 2.45) is 0 Å². The molecule has 0 bridgehead atoms. The molecule has 3 amide bonds. The lowest BCUT2D eigenvalue weighted by Gasteiger charge is -2.16.